The Bertz CT molecular complexity index is 710. The van der Waals surface area contributed by atoms with Crippen LogP contribution in [0.4, 0.5) is 5.82 Å². The fourth-order valence-electron chi connectivity index (χ4n) is 2.65. The summed E-state index contributed by atoms with van der Waals surface area (Å²) in [5.74, 6) is 1.11. The van der Waals surface area contributed by atoms with Gasteiger partial charge in [0.25, 0.3) is 0 Å². The summed E-state index contributed by atoms with van der Waals surface area (Å²) in [6.07, 6.45) is 3.82. The number of likely N-dealkylation sites (tertiary alicyclic amines) is 1. The lowest BCUT2D eigenvalue weighted by Gasteiger charge is -2.39. The third-order valence-corrected chi connectivity index (χ3v) is 4.94. The zero-order valence-corrected chi connectivity index (χ0v) is 13.7. The Hall–Kier alpha value is -1.58. The third-order valence-electron chi connectivity index (χ3n) is 4.14. The van der Waals surface area contributed by atoms with Crippen LogP contribution in [0.25, 0.3) is 11.0 Å². The normalized spacial score (nSPS) is 18.6. The number of fused-ring (bicyclic) bond motifs is 1. The molecule has 2 aromatic rings. The second kappa shape index (κ2) is 5.32. The molecule has 0 aliphatic carbocycles. The van der Waals surface area contributed by atoms with E-state index in [-0.39, 0.29) is 5.54 Å². The molecule has 3 heterocycles. The molecule has 1 aliphatic heterocycles. The number of piperidine rings is 1. The molecule has 1 saturated heterocycles. The lowest BCUT2D eigenvalue weighted by atomic mass is 9.90. The van der Waals surface area contributed by atoms with Crippen LogP contribution in [0.2, 0.25) is 0 Å². The van der Waals surface area contributed by atoms with E-state index in [0.29, 0.717) is 11.3 Å². The van der Waals surface area contributed by atoms with Crippen LogP contribution in [0, 0.1) is 11.3 Å². The average molecular weight is 349 g/mol. The molecular weight excluding hydrogens is 332 g/mol. The molecule has 0 unspecified atom stereocenters. The summed E-state index contributed by atoms with van der Waals surface area (Å²) >= 11 is 3.58. The quantitative estimate of drug-likeness (QED) is 0.901. The molecule has 5 nitrogen and oxygen atoms in total. The van der Waals surface area contributed by atoms with Gasteiger partial charge < -0.3 is 14.6 Å². The van der Waals surface area contributed by atoms with Gasteiger partial charge in [0, 0.05) is 30.1 Å². The summed E-state index contributed by atoms with van der Waals surface area (Å²) in [4.78, 5) is 6.78. The number of furan rings is 1. The first-order valence-corrected chi connectivity index (χ1v) is 7.75. The van der Waals surface area contributed by atoms with Gasteiger partial charge in [-0.2, -0.15) is 5.26 Å². The van der Waals surface area contributed by atoms with Crippen LogP contribution < -0.4 is 5.32 Å². The van der Waals surface area contributed by atoms with E-state index in [9.17, 15) is 0 Å². The number of rotatable bonds is 2. The van der Waals surface area contributed by atoms with Gasteiger partial charge in [0.15, 0.2) is 5.58 Å². The summed E-state index contributed by atoms with van der Waals surface area (Å²) in [6.45, 7) is 4.38. The van der Waals surface area contributed by atoms with E-state index >= 15 is 0 Å². The van der Waals surface area contributed by atoms with Gasteiger partial charge in [0.2, 0.25) is 5.76 Å². The second-order valence-corrected chi connectivity index (χ2v) is 6.70. The number of hydrogen-bond donors (Lipinski definition) is 1. The number of hydrogen-bond acceptors (Lipinski definition) is 5. The van der Waals surface area contributed by atoms with Gasteiger partial charge in [0.05, 0.1) is 10.7 Å². The number of nitriles is 1. The van der Waals surface area contributed by atoms with Crippen molar-refractivity contribution in [3.63, 3.8) is 0 Å². The van der Waals surface area contributed by atoms with Crippen LogP contribution in [0.1, 0.15) is 25.5 Å². The SMILES string of the molecule is CN1CCC(C)(Nc2ncc3oc(C#N)cc3c2Br)CC1. The Morgan fingerprint density at radius 1 is 1.48 bits per heavy atom. The van der Waals surface area contributed by atoms with Crippen molar-refractivity contribution in [1.82, 2.24) is 9.88 Å². The fraction of sp³-hybridized carbons (Fsp3) is 0.467. The van der Waals surface area contributed by atoms with E-state index in [0.717, 1.165) is 41.6 Å². The van der Waals surface area contributed by atoms with Crippen molar-refractivity contribution in [2.45, 2.75) is 25.3 Å². The van der Waals surface area contributed by atoms with Crippen molar-refractivity contribution in [3.8, 4) is 6.07 Å². The van der Waals surface area contributed by atoms with Gasteiger partial charge in [-0.15, -0.1) is 0 Å². The van der Waals surface area contributed by atoms with Crippen molar-refractivity contribution in [2.75, 3.05) is 25.5 Å². The first-order chi connectivity index (χ1) is 10.0. The van der Waals surface area contributed by atoms with Crippen LogP contribution in [0.15, 0.2) is 21.2 Å². The van der Waals surface area contributed by atoms with Crippen LogP contribution >= 0.6 is 15.9 Å². The summed E-state index contributed by atoms with van der Waals surface area (Å²) in [5, 5.41) is 13.4. The highest BCUT2D eigenvalue weighted by Gasteiger charge is 2.29. The molecule has 0 amide bonds. The minimum Gasteiger partial charge on any atom is -0.444 e. The second-order valence-electron chi connectivity index (χ2n) is 5.91. The monoisotopic (exact) mass is 348 g/mol. The van der Waals surface area contributed by atoms with Gasteiger partial charge in [-0.3, -0.25) is 0 Å². The van der Waals surface area contributed by atoms with Crippen molar-refractivity contribution < 1.29 is 4.42 Å². The molecule has 0 aromatic carbocycles. The minimum atomic E-state index is 0.0392. The van der Waals surface area contributed by atoms with Gasteiger partial charge in [-0.1, -0.05) is 0 Å². The Kier molecular flexibility index (Phi) is 3.64. The first kappa shape index (κ1) is 14.4. The summed E-state index contributed by atoms with van der Waals surface area (Å²) in [7, 11) is 2.15. The lowest BCUT2D eigenvalue weighted by Crippen LogP contribution is -2.46. The maximum absolute atomic E-state index is 8.93. The fourth-order valence-corrected chi connectivity index (χ4v) is 3.16. The molecule has 110 valence electrons. The molecule has 0 spiro atoms. The Balaban J connectivity index is 1.91. The van der Waals surface area contributed by atoms with Crippen molar-refractivity contribution in [2.24, 2.45) is 0 Å². The van der Waals surface area contributed by atoms with Gasteiger partial charge in [-0.05, 0) is 42.7 Å². The maximum Gasteiger partial charge on any atom is 0.204 e. The van der Waals surface area contributed by atoms with Crippen LogP contribution in [-0.2, 0) is 0 Å². The van der Waals surface area contributed by atoms with Crippen LogP contribution in [-0.4, -0.2) is 35.6 Å². The van der Waals surface area contributed by atoms with Gasteiger partial charge in [-0.25, -0.2) is 4.98 Å². The number of halogens is 1. The van der Waals surface area contributed by atoms with E-state index in [1.54, 1.807) is 12.3 Å². The molecule has 0 saturated carbocycles. The summed E-state index contributed by atoms with van der Waals surface area (Å²) in [6, 6.07) is 3.75. The first-order valence-electron chi connectivity index (χ1n) is 6.96. The number of anilines is 1. The molecule has 3 rings (SSSR count). The molecule has 0 atom stereocenters. The van der Waals surface area contributed by atoms with E-state index in [2.05, 4.69) is 45.1 Å². The highest BCUT2D eigenvalue weighted by atomic mass is 79.9. The smallest absolute Gasteiger partial charge is 0.204 e. The molecule has 21 heavy (non-hydrogen) atoms. The van der Waals surface area contributed by atoms with E-state index in [4.69, 9.17) is 9.68 Å². The number of nitrogens with one attached hydrogen (secondary N) is 1. The molecule has 1 N–H and O–H groups in total. The Labute approximate surface area is 132 Å². The van der Waals surface area contributed by atoms with Crippen molar-refractivity contribution in [1.29, 1.82) is 5.26 Å². The number of aromatic nitrogens is 1. The molecule has 1 aliphatic rings. The molecule has 1 fully saturated rings. The van der Waals surface area contributed by atoms with Crippen molar-refractivity contribution >= 4 is 32.7 Å². The Morgan fingerprint density at radius 2 is 2.19 bits per heavy atom. The zero-order chi connectivity index (χ0) is 15.0. The van der Waals surface area contributed by atoms with Gasteiger partial charge >= 0.3 is 0 Å². The maximum atomic E-state index is 8.93. The molecule has 6 heteroatoms. The predicted molar refractivity (Wildman–Crippen MR) is 85.2 cm³/mol. The number of nitrogens with zero attached hydrogens (tertiary/aromatic N) is 3. The average Bonchev–Trinajstić information content (AvgIpc) is 2.90. The molecular formula is C15H17BrN4O. The van der Waals surface area contributed by atoms with Crippen LogP contribution in [0.3, 0.4) is 0 Å². The van der Waals surface area contributed by atoms with Gasteiger partial charge in [0.1, 0.15) is 11.9 Å². The predicted octanol–water partition coefficient (Wildman–Crippen LogP) is 3.36. The summed E-state index contributed by atoms with van der Waals surface area (Å²) < 4.78 is 6.25. The summed E-state index contributed by atoms with van der Waals surface area (Å²) in [5.41, 5.74) is 0.662. The largest absolute Gasteiger partial charge is 0.444 e. The minimum absolute atomic E-state index is 0.0392. The molecule has 0 radical (unpaired) electrons. The lowest BCUT2D eigenvalue weighted by molar-refractivity contribution is 0.216. The number of pyridine rings is 1. The van der Waals surface area contributed by atoms with Crippen LogP contribution in [0.5, 0.6) is 0 Å². The Morgan fingerprint density at radius 3 is 2.86 bits per heavy atom. The van der Waals surface area contributed by atoms with E-state index < -0.39 is 0 Å². The zero-order valence-electron chi connectivity index (χ0n) is 12.1. The topological polar surface area (TPSA) is 65.1 Å². The molecule has 0 bridgehead atoms. The van der Waals surface area contributed by atoms with E-state index in [1.807, 2.05) is 6.07 Å². The highest BCUT2D eigenvalue weighted by molar-refractivity contribution is 9.10. The molecule has 2 aromatic heterocycles. The van der Waals surface area contributed by atoms with E-state index in [1.165, 1.54) is 0 Å². The standard InChI is InChI=1S/C15H17BrN4O/c1-15(3-5-20(2)6-4-15)19-14-13(16)11-7-10(8-17)21-12(11)9-18-14/h7,9H,3-6H2,1-2H3,(H,18,19). The highest BCUT2D eigenvalue weighted by Crippen LogP contribution is 2.34. The third kappa shape index (κ3) is 2.76. The van der Waals surface area contributed by atoms with Crippen molar-refractivity contribution in [3.05, 3.63) is 22.5 Å².